The third-order valence-corrected chi connectivity index (χ3v) is 8.38. The molecule has 1 saturated carbocycles. The number of hydrogen-bond donors (Lipinski definition) is 0. The molecule has 0 N–H and O–H groups in total. The highest BCUT2D eigenvalue weighted by molar-refractivity contribution is 6.33. The van der Waals surface area contributed by atoms with Gasteiger partial charge in [-0.25, -0.2) is 0 Å². The molecule has 3 fully saturated rings. The number of pyridine rings is 1. The second-order valence-electron chi connectivity index (χ2n) is 10.2. The number of amides is 1. The van der Waals surface area contributed by atoms with Gasteiger partial charge in [0.15, 0.2) is 0 Å². The van der Waals surface area contributed by atoms with Crippen LogP contribution in [0.4, 0.5) is 11.4 Å². The van der Waals surface area contributed by atoms with E-state index in [0.29, 0.717) is 11.8 Å². The predicted octanol–water partition coefficient (Wildman–Crippen LogP) is 4.03. The Morgan fingerprint density at radius 1 is 1.00 bits per heavy atom. The summed E-state index contributed by atoms with van der Waals surface area (Å²) in [5, 5.41) is 0.813. The number of likely N-dealkylation sites (N-methyl/N-ethyl adjacent to an activating group) is 1. The summed E-state index contributed by atoms with van der Waals surface area (Å²) in [5.74, 6) is 0.659. The zero-order chi connectivity index (χ0) is 23.9. The minimum absolute atomic E-state index is 0.300. The van der Waals surface area contributed by atoms with E-state index in [1.165, 1.54) is 22.5 Å². The van der Waals surface area contributed by atoms with Gasteiger partial charge in [-0.05, 0) is 54.8 Å². The summed E-state index contributed by atoms with van der Waals surface area (Å²) in [5.41, 5.74) is 7.10. The summed E-state index contributed by atoms with van der Waals surface area (Å²) in [6.07, 6.45) is 7.15. The summed E-state index contributed by atoms with van der Waals surface area (Å²) >= 11 is 6.85. The minimum Gasteiger partial charge on any atom is -0.369 e. The van der Waals surface area contributed by atoms with Crippen LogP contribution in [0.15, 0.2) is 30.5 Å². The highest BCUT2D eigenvalue weighted by atomic mass is 35.5. The normalized spacial score (nSPS) is 20.7. The van der Waals surface area contributed by atoms with Crippen molar-refractivity contribution in [2.24, 2.45) is 5.92 Å². The number of aromatic nitrogens is 1. The monoisotopic (exact) mass is 491 g/mol. The van der Waals surface area contributed by atoms with Gasteiger partial charge in [0.2, 0.25) is 5.91 Å². The average Bonchev–Trinajstić information content (AvgIpc) is 3.66. The van der Waals surface area contributed by atoms with E-state index in [1.54, 1.807) is 0 Å². The third kappa shape index (κ3) is 4.54. The highest BCUT2D eigenvalue weighted by Gasteiger charge is 2.35. The minimum atomic E-state index is 0.300. The molecule has 2 aliphatic carbocycles. The number of anilines is 2. The van der Waals surface area contributed by atoms with Crippen molar-refractivity contribution < 1.29 is 4.79 Å². The molecule has 1 aromatic carbocycles. The molecule has 6 rings (SSSR count). The summed E-state index contributed by atoms with van der Waals surface area (Å²) in [6, 6.07) is 8.66. The molecule has 0 unspecified atom stereocenters. The van der Waals surface area contributed by atoms with Gasteiger partial charge in [0.05, 0.1) is 10.7 Å². The van der Waals surface area contributed by atoms with Crippen LogP contribution in [-0.4, -0.2) is 79.6 Å². The molecule has 3 heterocycles. The first-order valence-corrected chi connectivity index (χ1v) is 13.5. The maximum absolute atomic E-state index is 12.4. The summed E-state index contributed by atoms with van der Waals surface area (Å²) < 4.78 is 0. The van der Waals surface area contributed by atoms with Crippen LogP contribution in [0.2, 0.25) is 5.02 Å². The molecule has 2 saturated heterocycles. The van der Waals surface area contributed by atoms with Crippen LogP contribution in [0.25, 0.3) is 11.6 Å². The van der Waals surface area contributed by atoms with Crippen molar-refractivity contribution in [3.05, 3.63) is 52.3 Å². The Hall–Kier alpha value is -2.57. The number of rotatable bonds is 5. The number of piperazine rings is 2. The summed E-state index contributed by atoms with van der Waals surface area (Å²) in [4.78, 5) is 26.5. The molecule has 6 nitrogen and oxygen atoms in total. The van der Waals surface area contributed by atoms with Crippen molar-refractivity contribution in [1.82, 2.24) is 14.8 Å². The van der Waals surface area contributed by atoms with Crippen molar-refractivity contribution in [3.63, 3.8) is 0 Å². The Labute approximate surface area is 213 Å². The number of nitrogens with zero attached hydrogens (tertiary/aromatic N) is 5. The van der Waals surface area contributed by atoms with Crippen molar-refractivity contribution in [2.45, 2.75) is 26.2 Å². The molecule has 2 aliphatic heterocycles. The summed E-state index contributed by atoms with van der Waals surface area (Å²) in [6.45, 7) is 11.0. The van der Waals surface area contributed by atoms with Gasteiger partial charge in [-0.15, -0.1) is 0 Å². The second kappa shape index (κ2) is 9.47. The molecular formula is C28H34ClN5O. The molecule has 0 atom stereocenters. The van der Waals surface area contributed by atoms with Gasteiger partial charge < -0.3 is 19.6 Å². The van der Waals surface area contributed by atoms with Crippen molar-refractivity contribution in [1.29, 1.82) is 0 Å². The quantitative estimate of drug-likeness (QED) is 0.631. The fourth-order valence-electron chi connectivity index (χ4n) is 5.70. The Balaban J connectivity index is 1.18. The highest BCUT2D eigenvalue weighted by Crippen LogP contribution is 2.39. The lowest BCUT2D eigenvalue weighted by molar-refractivity contribution is -0.132. The van der Waals surface area contributed by atoms with Crippen molar-refractivity contribution in [3.8, 4) is 0 Å². The Morgan fingerprint density at radius 3 is 2.43 bits per heavy atom. The topological polar surface area (TPSA) is 42.9 Å². The molecule has 0 bridgehead atoms. The lowest BCUT2D eigenvalue weighted by atomic mass is 10.0. The molecule has 0 spiro atoms. The smallest absolute Gasteiger partial charge is 0.225 e. The van der Waals surface area contributed by atoms with Crippen LogP contribution in [-0.2, 0) is 11.2 Å². The number of allylic oxidation sites excluding steroid dienone is 1. The third-order valence-electron chi connectivity index (χ3n) is 8.07. The van der Waals surface area contributed by atoms with E-state index in [1.807, 2.05) is 6.20 Å². The number of carbonyl (C=O) groups is 1. The van der Waals surface area contributed by atoms with E-state index in [2.05, 4.69) is 56.9 Å². The van der Waals surface area contributed by atoms with Gasteiger partial charge in [0.25, 0.3) is 0 Å². The molecule has 7 heteroatoms. The molecule has 184 valence electrons. The first-order chi connectivity index (χ1) is 17.1. The van der Waals surface area contributed by atoms with Gasteiger partial charge in [-0.3, -0.25) is 9.78 Å². The largest absolute Gasteiger partial charge is 0.369 e. The number of fused-ring (bicyclic) bond motifs is 1. The van der Waals surface area contributed by atoms with Crippen LogP contribution in [0, 0.1) is 5.92 Å². The molecular weight excluding hydrogens is 458 g/mol. The number of halogens is 1. The molecule has 1 aromatic heterocycles. The van der Waals surface area contributed by atoms with Crippen LogP contribution in [0.5, 0.6) is 0 Å². The van der Waals surface area contributed by atoms with Crippen LogP contribution >= 0.6 is 11.6 Å². The van der Waals surface area contributed by atoms with E-state index < -0.39 is 0 Å². The lowest BCUT2D eigenvalue weighted by Crippen LogP contribution is -2.49. The van der Waals surface area contributed by atoms with Gasteiger partial charge in [-0.1, -0.05) is 24.6 Å². The fraction of sp³-hybridized carbons (Fsp3) is 0.500. The van der Waals surface area contributed by atoms with Gasteiger partial charge in [0.1, 0.15) is 0 Å². The van der Waals surface area contributed by atoms with E-state index in [4.69, 9.17) is 16.6 Å². The second-order valence-corrected chi connectivity index (χ2v) is 10.6. The maximum Gasteiger partial charge on any atom is 0.225 e. The molecule has 35 heavy (non-hydrogen) atoms. The fourth-order valence-corrected chi connectivity index (χ4v) is 5.99. The first kappa shape index (κ1) is 22.9. The van der Waals surface area contributed by atoms with E-state index in [0.717, 1.165) is 94.4 Å². The average molecular weight is 492 g/mol. The predicted molar refractivity (Wildman–Crippen MR) is 143 cm³/mol. The van der Waals surface area contributed by atoms with E-state index in [9.17, 15) is 4.79 Å². The molecule has 4 aliphatic rings. The van der Waals surface area contributed by atoms with Gasteiger partial charge in [0, 0.05) is 87.8 Å². The number of benzene rings is 1. The van der Waals surface area contributed by atoms with E-state index >= 15 is 0 Å². The van der Waals surface area contributed by atoms with Crippen LogP contribution < -0.4 is 9.80 Å². The van der Waals surface area contributed by atoms with Gasteiger partial charge in [-0.2, -0.15) is 0 Å². The zero-order valence-electron chi connectivity index (χ0n) is 20.5. The first-order valence-electron chi connectivity index (χ1n) is 13.1. The number of hydrogen-bond acceptors (Lipinski definition) is 5. The Bertz CT molecular complexity index is 1140. The standard InChI is InChI=1S/C28H34ClN5O/c1-2-31-9-11-32(12-10-31)22-5-6-23(25(29)19-22)21-17-24-26(18-21)30-8-7-27(24)33-13-15-34(16-14-33)28(35)20-3-4-20/h5-8,17,19-20H,2-4,9-16,18H2,1H3. The number of carbonyl (C=O) groups excluding carboxylic acids is 1. The van der Waals surface area contributed by atoms with Crippen molar-refractivity contribution >= 4 is 40.5 Å². The zero-order valence-corrected chi connectivity index (χ0v) is 21.3. The van der Waals surface area contributed by atoms with Crippen LogP contribution in [0.3, 0.4) is 0 Å². The van der Waals surface area contributed by atoms with Crippen molar-refractivity contribution in [2.75, 3.05) is 68.7 Å². The van der Waals surface area contributed by atoms with Crippen LogP contribution in [0.1, 0.15) is 36.6 Å². The Morgan fingerprint density at radius 2 is 1.74 bits per heavy atom. The molecule has 0 radical (unpaired) electrons. The lowest BCUT2D eigenvalue weighted by Gasteiger charge is -2.37. The summed E-state index contributed by atoms with van der Waals surface area (Å²) in [7, 11) is 0. The Kier molecular flexibility index (Phi) is 6.19. The molecule has 2 aromatic rings. The van der Waals surface area contributed by atoms with E-state index in [-0.39, 0.29) is 0 Å². The molecule has 1 amide bonds. The maximum atomic E-state index is 12.4. The SMILES string of the molecule is CCN1CCN(c2ccc(C3=Cc4c(N5CCN(C(=O)C6CC6)CC5)ccnc4C3)c(Cl)c2)CC1. The van der Waals surface area contributed by atoms with Gasteiger partial charge >= 0.3 is 0 Å².